The number of hydrogen-bond donors (Lipinski definition) is 1. The van der Waals surface area contributed by atoms with Gasteiger partial charge in [0.15, 0.2) is 9.84 Å². The lowest BCUT2D eigenvalue weighted by Gasteiger charge is -2.42. The molecule has 1 aromatic rings. The van der Waals surface area contributed by atoms with Gasteiger partial charge in [-0.15, -0.1) is 0 Å². The minimum Gasteiger partial charge on any atom is -0.380 e. The molecule has 6 nitrogen and oxygen atoms in total. The molecule has 1 N–H and O–H groups in total. The highest BCUT2D eigenvalue weighted by Crippen LogP contribution is 2.26. The number of nitrogens with zero attached hydrogens (tertiary/aromatic N) is 1. The maximum atomic E-state index is 13.7. The Balaban J connectivity index is 1.69. The summed E-state index contributed by atoms with van der Waals surface area (Å²) in [7, 11) is -3.20. The molecule has 0 radical (unpaired) electrons. The number of hydrogen-bond acceptors (Lipinski definition) is 5. The molecule has 0 saturated carbocycles. The van der Waals surface area contributed by atoms with Gasteiger partial charge >= 0.3 is 0 Å². The zero-order chi connectivity index (χ0) is 17.3. The molecule has 24 heavy (non-hydrogen) atoms. The summed E-state index contributed by atoms with van der Waals surface area (Å²) in [5.74, 6) is -0.977. The first-order chi connectivity index (χ1) is 11.4. The van der Waals surface area contributed by atoms with Crippen LogP contribution in [0.1, 0.15) is 6.42 Å². The van der Waals surface area contributed by atoms with E-state index in [2.05, 4.69) is 5.32 Å². The average molecular weight is 377 g/mol. The van der Waals surface area contributed by atoms with Gasteiger partial charge in [0, 0.05) is 24.2 Å². The molecule has 9 heteroatoms. The number of carbonyl (C=O) groups is 1. The van der Waals surface area contributed by atoms with Crippen molar-refractivity contribution in [3.8, 4) is 0 Å². The maximum absolute atomic E-state index is 13.7. The third kappa shape index (κ3) is 3.72. The first-order valence-electron chi connectivity index (χ1n) is 7.65. The zero-order valence-corrected chi connectivity index (χ0v) is 14.4. The van der Waals surface area contributed by atoms with E-state index in [4.69, 9.17) is 16.3 Å². The number of carbonyl (C=O) groups excluding carboxylic acids is 1. The largest absolute Gasteiger partial charge is 0.380 e. The van der Waals surface area contributed by atoms with E-state index in [1.165, 1.54) is 18.2 Å². The van der Waals surface area contributed by atoms with Crippen LogP contribution in [0, 0.1) is 5.82 Å². The highest BCUT2D eigenvalue weighted by atomic mass is 35.5. The second kappa shape index (κ2) is 6.95. The summed E-state index contributed by atoms with van der Waals surface area (Å²) in [5.41, 5.74) is 0.0145. The minimum atomic E-state index is -3.20. The normalized spacial score (nSPS) is 26.6. The zero-order valence-electron chi connectivity index (χ0n) is 12.9. The molecule has 2 atom stereocenters. The van der Waals surface area contributed by atoms with Gasteiger partial charge in [-0.1, -0.05) is 11.6 Å². The number of fused-ring (bicyclic) bond motifs is 1. The Bertz CT molecular complexity index is 743. The van der Waals surface area contributed by atoms with Crippen molar-refractivity contribution in [2.75, 3.05) is 37.4 Å². The van der Waals surface area contributed by atoms with Gasteiger partial charge in [0.05, 0.1) is 24.6 Å². The number of anilines is 1. The standard InChI is InChI=1S/C15H18ClFN2O4S/c16-10-1-2-11(17)12(7-10)18-15(20)8-19-4-6-24(21,22)14-9-23-5-3-13(14)19/h1-2,7,13-14H,3-6,8-9H2,(H,18,20). The average Bonchev–Trinajstić information content (AvgIpc) is 2.54. The van der Waals surface area contributed by atoms with Gasteiger partial charge in [0.25, 0.3) is 0 Å². The van der Waals surface area contributed by atoms with E-state index < -0.39 is 26.8 Å². The van der Waals surface area contributed by atoms with Crippen molar-refractivity contribution < 1.29 is 22.3 Å². The molecule has 0 aromatic heterocycles. The molecule has 2 aliphatic rings. The van der Waals surface area contributed by atoms with E-state index in [1.54, 1.807) is 0 Å². The Morgan fingerprint density at radius 2 is 2.25 bits per heavy atom. The van der Waals surface area contributed by atoms with Crippen LogP contribution in [0.4, 0.5) is 10.1 Å². The summed E-state index contributed by atoms with van der Waals surface area (Å²) in [6.45, 7) is 0.920. The van der Waals surface area contributed by atoms with Crippen LogP contribution in [0.3, 0.4) is 0 Å². The summed E-state index contributed by atoms with van der Waals surface area (Å²) in [5, 5.41) is 2.21. The van der Waals surface area contributed by atoms with Gasteiger partial charge in [-0.3, -0.25) is 9.69 Å². The molecule has 0 aliphatic carbocycles. The Morgan fingerprint density at radius 3 is 3.04 bits per heavy atom. The Hall–Kier alpha value is -1.22. The van der Waals surface area contributed by atoms with Crippen LogP contribution in [0.5, 0.6) is 0 Å². The molecule has 0 spiro atoms. The molecule has 1 amide bonds. The first kappa shape index (κ1) is 17.6. The summed E-state index contributed by atoms with van der Waals surface area (Å²) >= 11 is 5.81. The van der Waals surface area contributed by atoms with E-state index in [9.17, 15) is 17.6 Å². The second-order valence-electron chi connectivity index (χ2n) is 5.98. The number of amides is 1. The smallest absolute Gasteiger partial charge is 0.238 e. The van der Waals surface area contributed by atoms with E-state index in [0.29, 0.717) is 18.1 Å². The Labute approximate surface area is 144 Å². The highest BCUT2D eigenvalue weighted by molar-refractivity contribution is 7.92. The van der Waals surface area contributed by atoms with E-state index in [0.717, 1.165) is 0 Å². The molecule has 1 aromatic carbocycles. The van der Waals surface area contributed by atoms with E-state index >= 15 is 0 Å². The van der Waals surface area contributed by atoms with Crippen LogP contribution in [0.2, 0.25) is 5.02 Å². The molecule has 132 valence electrons. The molecular formula is C15H18ClFN2O4S. The van der Waals surface area contributed by atoms with E-state index in [-0.39, 0.29) is 37.2 Å². The van der Waals surface area contributed by atoms with Crippen LogP contribution in [0.25, 0.3) is 0 Å². The number of rotatable bonds is 3. The van der Waals surface area contributed by atoms with Crippen LogP contribution in [-0.4, -0.2) is 62.6 Å². The van der Waals surface area contributed by atoms with Gasteiger partial charge in [0.1, 0.15) is 11.1 Å². The fourth-order valence-corrected chi connectivity index (χ4v) is 5.24. The Morgan fingerprint density at radius 1 is 1.46 bits per heavy atom. The van der Waals surface area contributed by atoms with Gasteiger partial charge in [-0.25, -0.2) is 12.8 Å². The lowest BCUT2D eigenvalue weighted by Crippen LogP contribution is -2.59. The SMILES string of the molecule is O=C(CN1CCS(=O)(=O)C2COCCC21)Nc1cc(Cl)ccc1F. The molecule has 2 saturated heterocycles. The fourth-order valence-electron chi connectivity index (χ4n) is 3.19. The summed E-state index contributed by atoms with van der Waals surface area (Å²) in [6, 6.07) is 3.67. The number of nitrogens with one attached hydrogen (secondary N) is 1. The van der Waals surface area contributed by atoms with Crippen molar-refractivity contribution in [1.82, 2.24) is 4.90 Å². The monoisotopic (exact) mass is 376 g/mol. The fraction of sp³-hybridized carbons (Fsp3) is 0.533. The van der Waals surface area contributed by atoms with Crippen molar-refractivity contribution >= 4 is 33.0 Å². The quantitative estimate of drug-likeness (QED) is 0.860. The Kier molecular flexibility index (Phi) is 5.10. The molecule has 3 rings (SSSR count). The maximum Gasteiger partial charge on any atom is 0.238 e. The number of benzene rings is 1. The molecule has 2 fully saturated rings. The number of ether oxygens (including phenoxy) is 1. The predicted molar refractivity (Wildman–Crippen MR) is 88.4 cm³/mol. The topological polar surface area (TPSA) is 75.7 Å². The predicted octanol–water partition coefficient (Wildman–Crippen LogP) is 1.31. The van der Waals surface area contributed by atoms with Crippen molar-refractivity contribution in [3.63, 3.8) is 0 Å². The highest BCUT2D eigenvalue weighted by Gasteiger charge is 2.43. The first-order valence-corrected chi connectivity index (χ1v) is 9.74. The summed E-state index contributed by atoms with van der Waals surface area (Å²) in [4.78, 5) is 14.1. The molecule has 2 heterocycles. The van der Waals surface area contributed by atoms with Crippen LogP contribution < -0.4 is 5.32 Å². The minimum absolute atomic E-state index is 0.00262. The van der Waals surface area contributed by atoms with Crippen molar-refractivity contribution in [1.29, 1.82) is 0 Å². The van der Waals surface area contributed by atoms with E-state index in [1.807, 2.05) is 4.90 Å². The van der Waals surface area contributed by atoms with Gasteiger partial charge in [0.2, 0.25) is 5.91 Å². The molecule has 2 aliphatic heterocycles. The summed E-state index contributed by atoms with van der Waals surface area (Å²) in [6.07, 6.45) is 0.558. The lowest BCUT2D eigenvalue weighted by molar-refractivity contribution is -0.118. The third-order valence-electron chi connectivity index (χ3n) is 4.41. The van der Waals surface area contributed by atoms with Gasteiger partial charge in [-0.05, 0) is 24.6 Å². The van der Waals surface area contributed by atoms with Crippen LogP contribution >= 0.6 is 11.6 Å². The summed E-state index contributed by atoms with van der Waals surface area (Å²) < 4.78 is 43.3. The van der Waals surface area contributed by atoms with Gasteiger partial charge < -0.3 is 10.1 Å². The third-order valence-corrected chi connectivity index (χ3v) is 6.77. The lowest BCUT2D eigenvalue weighted by atomic mass is 10.1. The van der Waals surface area contributed by atoms with Crippen molar-refractivity contribution in [2.45, 2.75) is 17.7 Å². The molecule has 0 bridgehead atoms. The van der Waals surface area contributed by atoms with Crippen LogP contribution in [-0.2, 0) is 19.4 Å². The van der Waals surface area contributed by atoms with Crippen LogP contribution in [0.15, 0.2) is 18.2 Å². The van der Waals surface area contributed by atoms with Gasteiger partial charge in [-0.2, -0.15) is 0 Å². The molecular weight excluding hydrogens is 359 g/mol. The number of sulfone groups is 1. The van der Waals surface area contributed by atoms with Crippen molar-refractivity contribution in [3.05, 3.63) is 29.0 Å². The van der Waals surface area contributed by atoms with Crippen molar-refractivity contribution in [2.24, 2.45) is 0 Å². The second-order valence-corrected chi connectivity index (χ2v) is 8.76. The molecule has 2 unspecified atom stereocenters. The number of halogens is 2.